The van der Waals surface area contributed by atoms with Crippen molar-refractivity contribution in [1.82, 2.24) is 14.9 Å². The standard InChI is InChI=1S/C18H21N3O4/c1-2-12-7-8-16(25-12)15-6-4-3-5-9-21(15)17(22)13-10-20-14(11-19-13)18(23)24/h7-8,10-11,15H,2-6,9H2,1H3,(H,23,24). The van der Waals surface area contributed by atoms with E-state index >= 15 is 0 Å². The molecular formula is C18H21N3O4. The molecule has 0 saturated carbocycles. The highest BCUT2D eigenvalue weighted by atomic mass is 16.4. The summed E-state index contributed by atoms with van der Waals surface area (Å²) in [6.45, 7) is 2.65. The fourth-order valence-corrected chi connectivity index (χ4v) is 3.11. The van der Waals surface area contributed by atoms with E-state index in [2.05, 4.69) is 9.97 Å². The lowest BCUT2D eigenvalue weighted by Gasteiger charge is -2.28. The zero-order valence-corrected chi connectivity index (χ0v) is 14.1. The van der Waals surface area contributed by atoms with Gasteiger partial charge in [0.05, 0.1) is 18.4 Å². The van der Waals surface area contributed by atoms with Gasteiger partial charge in [0.25, 0.3) is 5.91 Å². The highest BCUT2D eigenvalue weighted by molar-refractivity contribution is 5.93. The van der Waals surface area contributed by atoms with Crippen LogP contribution in [0, 0.1) is 0 Å². The molecule has 1 saturated heterocycles. The van der Waals surface area contributed by atoms with Crippen LogP contribution in [0.4, 0.5) is 0 Å². The molecule has 2 aromatic rings. The molecular weight excluding hydrogens is 322 g/mol. The quantitative estimate of drug-likeness (QED) is 0.916. The second-order valence-electron chi connectivity index (χ2n) is 6.11. The predicted molar refractivity (Wildman–Crippen MR) is 89.3 cm³/mol. The number of hydrogen-bond acceptors (Lipinski definition) is 5. The predicted octanol–water partition coefficient (Wildman–Crippen LogP) is 3.09. The number of carboxylic acid groups (broad SMARTS) is 1. The summed E-state index contributed by atoms with van der Waals surface area (Å²) in [7, 11) is 0. The number of nitrogens with zero attached hydrogens (tertiary/aromatic N) is 3. The molecule has 0 spiro atoms. The summed E-state index contributed by atoms with van der Waals surface area (Å²) in [4.78, 5) is 33.4. The second kappa shape index (κ2) is 7.46. The Morgan fingerprint density at radius 2 is 1.96 bits per heavy atom. The zero-order chi connectivity index (χ0) is 17.8. The first-order chi connectivity index (χ1) is 12.1. The van der Waals surface area contributed by atoms with Crippen LogP contribution in [0.2, 0.25) is 0 Å². The minimum absolute atomic E-state index is 0.128. The van der Waals surface area contributed by atoms with Gasteiger partial charge >= 0.3 is 5.97 Å². The third-order valence-corrected chi connectivity index (χ3v) is 4.46. The van der Waals surface area contributed by atoms with E-state index in [1.54, 1.807) is 4.90 Å². The summed E-state index contributed by atoms with van der Waals surface area (Å²) >= 11 is 0. The van der Waals surface area contributed by atoms with Crippen molar-refractivity contribution < 1.29 is 19.1 Å². The minimum Gasteiger partial charge on any atom is -0.476 e. The molecule has 1 fully saturated rings. The van der Waals surface area contributed by atoms with Gasteiger partial charge < -0.3 is 14.4 Å². The Balaban J connectivity index is 1.87. The lowest BCUT2D eigenvalue weighted by atomic mass is 10.1. The molecule has 132 valence electrons. The Bertz CT molecular complexity index is 754. The van der Waals surface area contributed by atoms with E-state index in [0.29, 0.717) is 6.54 Å². The molecule has 25 heavy (non-hydrogen) atoms. The van der Waals surface area contributed by atoms with Gasteiger partial charge in [0.15, 0.2) is 5.69 Å². The van der Waals surface area contributed by atoms with Gasteiger partial charge in [-0.15, -0.1) is 0 Å². The number of carboxylic acids is 1. The van der Waals surface area contributed by atoms with Crippen molar-refractivity contribution in [3.8, 4) is 0 Å². The van der Waals surface area contributed by atoms with E-state index in [1.165, 1.54) is 6.20 Å². The summed E-state index contributed by atoms with van der Waals surface area (Å²) in [5.41, 5.74) is -0.0261. The van der Waals surface area contributed by atoms with Gasteiger partial charge in [-0.25, -0.2) is 14.8 Å². The number of aromatic carboxylic acids is 1. The molecule has 1 amide bonds. The topological polar surface area (TPSA) is 96.5 Å². The first-order valence-electron chi connectivity index (χ1n) is 8.55. The maximum atomic E-state index is 12.9. The molecule has 3 heterocycles. The molecule has 1 atom stereocenters. The molecule has 0 radical (unpaired) electrons. The van der Waals surface area contributed by atoms with E-state index in [0.717, 1.165) is 49.8 Å². The molecule has 1 N–H and O–H groups in total. The fraction of sp³-hybridized carbons (Fsp3) is 0.444. The van der Waals surface area contributed by atoms with Gasteiger partial charge in [-0.1, -0.05) is 19.8 Å². The van der Waals surface area contributed by atoms with Crippen LogP contribution in [-0.4, -0.2) is 38.4 Å². The maximum absolute atomic E-state index is 12.9. The first kappa shape index (κ1) is 17.1. The van der Waals surface area contributed by atoms with Crippen LogP contribution in [0.5, 0.6) is 0 Å². The molecule has 7 heteroatoms. The van der Waals surface area contributed by atoms with Gasteiger partial charge in [0, 0.05) is 13.0 Å². The van der Waals surface area contributed by atoms with Gasteiger partial charge in [-0.05, 0) is 25.0 Å². The van der Waals surface area contributed by atoms with Crippen molar-refractivity contribution >= 4 is 11.9 Å². The SMILES string of the molecule is CCc1ccc(C2CCCCCN2C(=O)c2cnc(C(=O)O)cn2)o1. The summed E-state index contributed by atoms with van der Waals surface area (Å²) in [6, 6.07) is 3.76. The summed E-state index contributed by atoms with van der Waals surface area (Å²) in [5.74, 6) is 0.284. The maximum Gasteiger partial charge on any atom is 0.356 e. The number of likely N-dealkylation sites (tertiary alicyclic amines) is 1. The summed E-state index contributed by atoms with van der Waals surface area (Å²) in [6.07, 6.45) is 7.00. The fourth-order valence-electron chi connectivity index (χ4n) is 3.11. The van der Waals surface area contributed by atoms with Crippen LogP contribution < -0.4 is 0 Å². The number of furan rings is 1. The number of rotatable bonds is 4. The number of carbonyl (C=O) groups excluding carboxylic acids is 1. The first-order valence-corrected chi connectivity index (χ1v) is 8.55. The van der Waals surface area contributed by atoms with E-state index < -0.39 is 5.97 Å². The van der Waals surface area contributed by atoms with E-state index in [9.17, 15) is 9.59 Å². The Morgan fingerprint density at radius 1 is 1.20 bits per heavy atom. The van der Waals surface area contributed by atoms with Crippen molar-refractivity contribution in [2.75, 3.05) is 6.54 Å². The lowest BCUT2D eigenvalue weighted by molar-refractivity contribution is 0.0644. The van der Waals surface area contributed by atoms with Crippen LogP contribution in [-0.2, 0) is 6.42 Å². The third kappa shape index (κ3) is 3.70. The number of aromatic nitrogens is 2. The average molecular weight is 343 g/mol. The normalized spacial score (nSPS) is 18.0. The molecule has 7 nitrogen and oxygen atoms in total. The van der Waals surface area contributed by atoms with Gasteiger partial charge in [-0.2, -0.15) is 0 Å². The highest BCUT2D eigenvalue weighted by Gasteiger charge is 2.30. The van der Waals surface area contributed by atoms with Crippen molar-refractivity contribution in [2.24, 2.45) is 0 Å². The van der Waals surface area contributed by atoms with Crippen LogP contribution in [0.15, 0.2) is 28.9 Å². The number of hydrogen-bond donors (Lipinski definition) is 1. The second-order valence-corrected chi connectivity index (χ2v) is 6.11. The minimum atomic E-state index is -1.16. The summed E-state index contributed by atoms with van der Waals surface area (Å²) < 4.78 is 5.89. The van der Waals surface area contributed by atoms with Gasteiger partial charge in [0.1, 0.15) is 17.2 Å². The van der Waals surface area contributed by atoms with Gasteiger partial charge in [0.2, 0.25) is 0 Å². The van der Waals surface area contributed by atoms with Gasteiger partial charge in [-0.3, -0.25) is 4.79 Å². The van der Waals surface area contributed by atoms with E-state index in [4.69, 9.17) is 9.52 Å². The Morgan fingerprint density at radius 3 is 2.60 bits per heavy atom. The molecule has 1 aliphatic rings. The Hall–Kier alpha value is -2.70. The average Bonchev–Trinajstić information content (AvgIpc) is 2.98. The number of aryl methyl sites for hydroxylation is 1. The van der Waals surface area contributed by atoms with E-state index in [-0.39, 0.29) is 23.3 Å². The monoisotopic (exact) mass is 343 g/mol. The van der Waals surface area contributed by atoms with Crippen LogP contribution >= 0.6 is 0 Å². The highest BCUT2D eigenvalue weighted by Crippen LogP contribution is 2.32. The molecule has 1 unspecified atom stereocenters. The lowest BCUT2D eigenvalue weighted by Crippen LogP contribution is -2.35. The van der Waals surface area contributed by atoms with Crippen LogP contribution in [0.1, 0.15) is 71.1 Å². The summed E-state index contributed by atoms with van der Waals surface area (Å²) in [5, 5.41) is 8.91. The molecule has 0 aliphatic carbocycles. The van der Waals surface area contributed by atoms with Crippen LogP contribution in [0.3, 0.4) is 0 Å². The van der Waals surface area contributed by atoms with Crippen molar-refractivity contribution in [2.45, 2.75) is 45.1 Å². The van der Waals surface area contributed by atoms with Crippen molar-refractivity contribution in [1.29, 1.82) is 0 Å². The van der Waals surface area contributed by atoms with Crippen molar-refractivity contribution in [3.05, 3.63) is 47.4 Å². The molecule has 2 aromatic heterocycles. The zero-order valence-electron chi connectivity index (χ0n) is 14.1. The number of carbonyl (C=O) groups is 2. The third-order valence-electron chi connectivity index (χ3n) is 4.46. The molecule has 3 rings (SSSR count). The smallest absolute Gasteiger partial charge is 0.356 e. The van der Waals surface area contributed by atoms with Crippen LogP contribution in [0.25, 0.3) is 0 Å². The number of amides is 1. The Kier molecular flexibility index (Phi) is 5.11. The Labute approximate surface area is 145 Å². The largest absolute Gasteiger partial charge is 0.476 e. The molecule has 0 bridgehead atoms. The molecule has 1 aliphatic heterocycles. The van der Waals surface area contributed by atoms with E-state index in [1.807, 2.05) is 19.1 Å². The molecule has 0 aromatic carbocycles. The van der Waals surface area contributed by atoms with Crippen molar-refractivity contribution in [3.63, 3.8) is 0 Å².